The van der Waals surface area contributed by atoms with Crippen molar-refractivity contribution in [2.24, 2.45) is 7.05 Å². The smallest absolute Gasteiger partial charge is 0.234 e. The average molecular weight is 399 g/mol. The van der Waals surface area contributed by atoms with Gasteiger partial charge in [0.15, 0.2) is 11.0 Å². The van der Waals surface area contributed by atoms with Gasteiger partial charge in [0.05, 0.1) is 5.75 Å². The highest BCUT2D eigenvalue weighted by Crippen LogP contribution is 2.23. The predicted molar refractivity (Wildman–Crippen MR) is 106 cm³/mol. The summed E-state index contributed by atoms with van der Waals surface area (Å²) in [5, 5.41) is 14.1. The van der Waals surface area contributed by atoms with Crippen molar-refractivity contribution >= 4 is 35.0 Å². The van der Waals surface area contributed by atoms with Crippen molar-refractivity contribution in [2.45, 2.75) is 12.1 Å². The summed E-state index contributed by atoms with van der Waals surface area (Å²) in [6.07, 6.45) is 0. The molecule has 28 heavy (non-hydrogen) atoms. The highest BCUT2D eigenvalue weighted by Gasteiger charge is 2.13. The van der Waals surface area contributed by atoms with Crippen LogP contribution in [0.5, 0.6) is 0 Å². The van der Waals surface area contributed by atoms with E-state index in [0.29, 0.717) is 27.9 Å². The van der Waals surface area contributed by atoms with Crippen LogP contribution in [0.15, 0.2) is 53.7 Å². The molecule has 0 bridgehead atoms. The molecule has 0 aliphatic rings. The molecule has 2 N–H and O–H groups in total. The molecule has 2 amide bonds. The zero-order chi connectivity index (χ0) is 20.1. The van der Waals surface area contributed by atoms with Gasteiger partial charge >= 0.3 is 0 Å². The van der Waals surface area contributed by atoms with Gasteiger partial charge in [-0.15, -0.1) is 10.2 Å². The number of hydrogen-bond acceptors (Lipinski definition) is 5. The molecule has 0 aliphatic carbocycles. The first-order chi connectivity index (χ1) is 13.4. The first kappa shape index (κ1) is 19.6. The van der Waals surface area contributed by atoms with Gasteiger partial charge in [-0.25, -0.2) is 4.39 Å². The molecule has 1 aromatic heterocycles. The van der Waals surface area contributed by atoms with Gasteiger partial charge < -0.3 is 15.2 Å². The fraction of sp³-hybridized carbons (Fsp3) is 0.158. The van der Waals surface area contributed by atoms with Crippen molar-refractivity contribution < 1.29 is 14.0 Å². The van der Waals surface area contributed by atoms with Crippen LogP contribution in [0.3, 0.4) is 0 Å². The molecule has 2 aromatic carbocycles. The van der Waals surface area contributed by atoms with Gasteiger partial charge in [-0.2, -0.15) is 0 Å². The van der Waals surface area contributed by atoms with Gasteiger partial charge in [0.1, 0.15) is 5.82 Å². The minimum atomic E-state index is -0.349. The van der Waals surface area contributed by atoms with Crippen LogP contribution in [0.4, 0.5) is 15.8 Å². The van der Waals surface area contributed by atoms with Crippen molar-refractivity contribution in [3.63, 3.8) is 0 Å². The second-order valence-electron chi connectivity index (χ2n) is 5.97. The summed E-state index contributed by atoms with van der Waals surface area (Å²) in [6, 6.07) is 12.9. The summed E-state index contributed by atoms with van der Waals surface area (Å²) in [5.41, 5.74) is 1.90. The topological polar surface area (TPSA) is 88.9 Å². The van der Waals surface area contributed by atoms with Gasteiger partial charge in [0, 0.05) is 30.9 Å². The van der Waals surface area contributed by atoms with Crippen LogP contribution >= 0.6 is 11.8 Å². The largest absolute Gasteiger partial charge is 0.326 e. The minimum absolute atomic E-state index is 0.141. The van der Waals surface area contributed by atoms with Crippen LogP contribution in [0.1, 0.15) is 6.92 Å². The Morgan fingerprint density at radius 2 is 1.75 bits per heavy atom. The lowest BCUT2D eigenvalue weighted by Crippen LogP contribution is -2.14. The molecule has 9 heteroatoms. The molecule has 0 saturated heterocycles. The molecular weight excluding hydrogens is 381 g/mol. The maximum absolute atomic E-state index is 13.4. The molecule has 1 heterocycles. The van der Waals surface area contributed by atoms with E-state index < -0.39 is 0 Å². The Morgan fingerprint density at radius 1 is 1.07 bits per heavy atom. The van der Waals surface area contributed by atoms with Crippen LogP contribution in [-0.2, 0) is 16.6 Å². The van der Waals surface area contributed by atoms with Gasteiger partial charge in [-0.05, 0) is 36.4 Å². The van der Waals surface area contributed by atoms with Crippen LogP contribution in [-0.4, -0.2) is 32.3 Å². The second-order valence-corrected chi connectivity index (χ2v) is 6.91. The number of carbonyl (C=O) groups excluding carboxylic acids is 2. The Hall–Kier alpha value is -3.20. The van der Waals surface area contributed by atoms with Crippen LogP contribution < -0.4 is 10.6 Å². The van der Waals surface area contributed by atoms with Crippen molar-refractivity contribution in [1.29, 1.82) is 0 Å². The van der Waals surface area contributed by atoms with E-state index in [9.17, 15) is 14.0 Å². The van der Waals surface area contributed by atoms with Gasteiger partial charge in [0.25, 0.3) is 0 Å². The average Bonchev–Trinajstić information content (AvgIpc) is 3.02. The Kier molecular flexibility index (Phi) is 6.05. The number of carbonyl (C=O) groups is 2. The van der Waals surface area contributed by atoms with Crippen molar-refractivity contribution in [2.75, 3.05) is 16.4 Å². The quantitative estimate of drug-likeness (QED) is 0.621. The summed E-state index contributed by atoms with van der Waals surface area (Å²) in [7, 11) is 1.77. The summed E-state index contributed by atoms with van der Waals surface area (Å²) in [4.78, 5) is 23.2. The third-order valence-electron chi connectivity index (χ3n) is 3.74. The SMILES string of the molecule is CC(=O)Nc1ccc(NC(=O)CSc2nnc(-c3cccc(F)c3)n2C)cc1. The van der Waals surface area contributed by atoms with E-state index in [1.54, 1.807) is 48.0 Å². The van der Waals surface area contributed by atoms with E-state index in [4.69, 9.17) is 0 Å². The molecule has 0 radical (unpaired) electrons. The minimum Gasteiger partial charge on any atom is -0.326 e. The number of amides is 2. The van der Waals surface area contributed by atoms with Gasteiger partial charge in [-0.1, -0.05) is 23.9 Å². The molecule has 0 spiro atoms. The first-order valence-electron chi connectivity index (χ1n) is 8.38. The predicted octanol–water partition coefficient (Wildman–Crippen LogP) is 3.31. The number of rotatable bonds is 6. The highest BCUT2D eigenvalue weighted by atomic mass is 32.2. The number of aromatic nitrogens is 3. The Bertz CT molecular complexity index is 1000. The number of anilines is 2. The van der Waals surface area contributed by atoms with Crippen molar-refractivity contribution in [1.82, 2.24) is 14.8 Å². The fourth-order valence-corrected chi connectivity index (χ4v) is 3.20. The van der Waals surface area contributed by atoms with Crippen molar-refractivity contribution in [3.8, 4) is 11.4 Å². The second kappa shape index (κ2) is 8.66. The molecule has 0 aliphatic heterocycles. The Morgan fingerprint density at radius 3 is 2.39 bits per heavy atom. The molecule has 0 saturated carbocycles. The molecule has 3 rings (SSSR count). The summed E-state index contributed by atoms with van der Waals surface area (Å²) < 4.78 is 15.1. The van der Waals surface area contributed by atoms with E-state index in [-0.39, 0.29) is 23.4 Å². The van der Waals surface area contributed by atoms with E-state index in [0.717, 1.165) is 0 Å². The third kappa shape index (κ3) is 4.95. The number of benzene rings is 2. The normalized spacial score (nSPS) is 10.5. The molecular formula is C19H18FN5O2S. The van der Waals surface area contributed by atoms with Gasteiger partial charge in [-0.3, -0.25) is 9.59 Å². The first-order valence-corrected chi connectivity index (χ1v) is 9.36. The lowest BCUT2D eigenvalue weighted by atomic mass is 10.2. The standard InChI is InChI=1S/C19H18FN5O2S/c1-12(26)21-15-6-8-16(9-7-15)22-17(27)11-28-19-24-23-18(25(19)2)13-4-3-5-14(20)10-13/h3-10H,11H2,1-2H3,(H,21,26)(H,22,27). The monoisotopic (exact) mass is 399 g/mol. The molecule has 0 unspecified atom stereocenters. The molecule has 0 atom stereocenters. The lowest BCUT2D eigenvalue weighted by molar-refractivity contribution is -0.114. The van der Waals surface area contributed by atoms with E-state index >= 15 is 0 Å². The third-order valence-corrected chi connectivity index (χ3v) is 4.76. The summed E-state index contributed by atoms with van der Waals surface area (Å²) in [6.45, 7) is 1.43. The molecule has 0 fully saturated rings. The lowest BCUT2D eigenvalue weighted by Gasteiger charge is -2.07. The number of thioether (sulfide) groups is 1. The number of nitrogens with one attached hydrogen (secondary N) is 2. The maximum atomic E-state index is 13.4. The zero-order valence-electron chi connectivity index (χ0n) is 15.3. The van der Waals surface area contributed by atoms with Crippen LogP contribution in [0, 0.1) is 5.82 Å². The molecule has 144 valence electrons. The number of halogens is 1. The zero-order valence-corrected chi connectivity index (χ0v) is 16.1. The highest BCUT2D eigenvalue weighted by molar-refractivity contribution is 7.99. The van der Waals surface area contributed by atoms with Gasteiger partial charge in [0.2, 0.25) is 11.8 Å². The summed E-state index contributed by atoms with van der Waals surface area (Å²) >= 11 is 1.23. The fourth-order valence-electron chi connectivity index (χ4n) is 2.49. The maximum Gasteiger partial charge on any atom is 0.234 e. The number of nitrogens with zero attached hydrogens (tertiary/aromatic N) is 3. The molecule has 3 aromatic rings. The molecule has 7 nitrogen and oxygen atoms in total. The van der Waals surface area contributed by atoms with E-state index in [1.165, 1.54) is 30.8 Å². The van der Waals surface area contributed by atoms with E-state index in [2.05, 4.69) is 20.8 Å². The van der Waals surface area contributed by atoms with Crippen LogP contribution in [0.2, 0.25) is 0 Å². The van der Waals surface area contributed by atoms with Crippen molar-refractivity contribution in [3.05, 3.63) is 54.3 Å². The summed E-state index contributed by atoms with van der Waals surface area (Å²) in [5.74, 6) is -0.0422. The Balaban J connectivity index is 1.58. The Labute approximate surface area is 165 Å². The number of hydrogen-bond donors (Lipinski definition) is 2. The van der Waals surface area contributed by atoms with E-state index in [1.807, 2.05) is 0 Å². The van der Waals surface area contributed by atoms with Crippen LogP contribution in [0.25, 0.3) is 11.4 Å².